The van der Waals surface area contributed by atoms with Crippen LogP contribution in [0.5, 0.6) is 0 Å². The van der Waals surface area contributed by atoms with Gasteiger partial charge in [0.05, 0.1) is 7.11 Å². The number of aliphatic hydroxyl groups is 1. The predicted molar refractivity (Wildman–Crippen MR) is 77.2 cm³/mol. The number of carbonyl (C=O) groups is 1. The molecule has 0 bridgehead atoms. The average Bonchev–Trinajstić information content (AvgIpc) is 2.41. The summed E-state index contributed by atoms with van der Waals surface area (Å²) in [6.45, 7) is 13.0. The van der Waals surface area contributed by atoms with Crippen molar-refractivity contribution in [3.63, 3.8) is 0 Å². The lowest BCUT2D eigenvalue weighted by molar-refractivity contribution is -0.162. The van der Waals surface area contributed by atoms with Crippen molar-refractivity contribution in [3.05, 3.63) is 0 Å². The van der Waals surface area contributed by atoms with Gasteiger partial charge in [-0.25, -0.2) is 4.79 Å². The first kappa shape index (κ1) is 18.4. The Morgan fingerprint density at radius 1 is 1.11 bits per heavy atom. The molecule has 114 valence electrons. The third kappa shape index (κ3) is 6.89. The molecular formula is C14H30N2O3. The SMILES string of the molecule is CCN(CC)CCCN(CC)CC(C)(O)C(=O)OC. The molecule has 0 aromatic heterocycles. The number of esters is 1. The number of likely N-dealkylation sites (N-methyl/N-ethyl adjacent to an activating group) is 1. The van der Waals surface area contributed by atoms with E-state index in [1.807, 2.05) is 6.92 Å². The maximum atomic E-state index is 11.5. The lowest BCUT2D eigenvalue weighted by atomic mass is 10.1. The number of ether oxygens (including phenoxy) is 1. The Kier molecular flexibility index (Phi) is 8.97. The maximum absolute atomic E-state index is 11.5. The maximum Gasteiger partial charge on any atom is 0.338 e. The normalized spacial score (nSPS) is 14.7. The molecule has 0 spiro atoms. The third-order valence-electron chi connectivity index (χ3n) is 3.45. The van der Waals surface area contributed by atoms with Gasteiger partial charge in [0.1, 0.15) is 0 Å². The fourth-order valence-electron chi connectivity index (χ4n) is 2.13. The Balaban J connectivity index is 4.18. The fraction of sp³-hybridized carbons (Fsp3) is 0.929. The van der Waals surface area contributed by atoms with Gasteiger partial charge in [0.25, 0.3) is 0 Å². The van der Waals surface area contributed by atoms with Crippen LogP contribution in [0.3, 0.4) is 0 Å². The van der Waals surface area contributed by atoms with Crippen molar-refractivity contribution in [2.24, 2.45) is 0 Å². The van der Waals surface area contributed by atoms with Crippen molar-refractivity contribution < 1.29 is 14.6 Å². The number of methoxy groups -OCH3 is 1. The number of carbonyl (C=O) groups excluding carboxylic acids is 1. The van der Waals surface area contributed by atoms with Gasteiger partial charge < -0.3 is 19.6 Å². The molecule has 0 aromatic rings. The van der Waals surface area contributed by atoms with Crippen LogP contribution in [0.2, 0.25) is 0 Å². The minimum atomic E-state index is -1.43. The van der Waals surface area contributed by atoms with E-state index in [0.29, 0.717) is 6.54 Å². The van der Waals surface area contributed by atoms with E-state index in [1.54, 1.807) is 0 Å². The smallest absolute Gasteiger partial charge is 0.338 e. The van der Waals surface area contributed by atoms with Crippen molar-refractivity contribution in [1.82, 2.24) is 9.80 Å². The first-order valence-corrected chi connectivity index (χ1v) is 7.16. The lowest BCUT2D eigenvalue weighted by Crippen LogP contribution is -2.48. The second kappa shape index (κ2) is 9.28. The monoisotopic (exact) mass is 274 g/mol. The van der Waals surface area contributed by atoms with E-state index >= 15 is 0 Å². The molecule has 0 rings (SSSR count). The first-order chi connectivity index (χ1) is 8.91. The van der Waals surface area contributed by atoms with Crippen LogP contribution < -0.4 is 0 Å². The van der Waals surface area contributed by atoms with E-state index < -0.39 is 11.6 Å². The number of hydrogen-bond acceptors (Lipinski definition) is 5. The third-order valence-corrected chi connectivity index (χ3v) is 3.45. The quantitative estimate of drug-likeness (QED) is 0.602. The molecule has 0 heterocycles. The highest BCUT2D eigenvalue weighted by Crippen LogP contribution is 2.09. The van der Waals surface area contributed by atoms with Crippen molar-refractivity contribution in [2.45, 2.75) is 39.7 Å². The molecule has 0 radical (unpaired) electrons. The summed E-state index contributed by atoms with van der Waals surface area (Å²) in [7, 11) is 1.30. The standard InChI is InChI=1S/C14H30N2O3/c1-6-15(7-2)10-9-11-16(8-3)12-14(4,18)13(17)19-5/h18H,6-12H2,1-5H3. The molecule has 0 saturated heterocycles. The van der Waals surface area contributed by atoms with Crippen molar-refractivity contribution >= 4 is 5.97 Å². The van der Waals surface area contributed by atoms with Crippen LogP contribution in [0, 0.1) is 0 Å². The molecule has 0 aliphatic carbocycles. The van der Waals surface area contributed by atoms with Crippen LogP contribution in [0.4, 0.5) is 0 Å². The van der Waals surface area contributed by atoms with E-state index in [2.05, 4.69) is 28.4 Å². The molecule has 0 aliphatic rings. The summed E-state index contributed by atoms with van der Waals surface area (Å²) in [5.74, 6) is -0.574. The summed E-state index contributed by atoms with van der Waals surface area (Å²) in [6, 6.07) is 0. The van der Waals surface area contributed by atoms with E-state index in [1.165, 1.54) is 14.0 Å². The zero-order valence-electron chi connectivity index (χ0n) is 13.1. The summed E-state index contributed by atoms with van der Waals surface area (Å²) in [5, 5.41) is 10.1. The van der Waals surface area contributed by atoms with Gasteiger partial charge in [-0.05, 0) is 46.1 Å². The van der Waals surface area contributed by atoms with Gasteiger partial charge in [0.15, 0.2) is 5.60 Å². The highest BCUT2D eigenvalue weighted by atomic mass is 16.5. The van der Waals surface area contributed by atoms with Gasteiger partial charge in [-0.15, -0.1) is 0 Å². The summed E-state index contributed by atoms with van der Waals surface area (Å²) in [5.41, 5.74) is -1.43. The van der Waals surface area contributed by atoms with E-state index in [0.717, 1.165) is 39.1 Å². The molecule has 1 N–H and O–H groups in total. The average molecular weight is 274 g/mol. The minimum Gasteiger partial charge on any atom is -0.467 e. The minimum absolute atomic E-state index is 0.314. The summed E-state index contributed by atoms with van der Waals surface area (Å²) < 4.78 is 4.61. The number of rotatable bonds is 10. The molecular weight excluding hydrogens is 244 g/mol. The predicted octanol–water partition coefficient (Wildman–Crippen LogP) is 0.964. The van der Waals surface area contributed by atoms with Gasteiger partial charge >= 0.3 is 5.97 Å². The Morgan fingerprint density at radius 3 is 2.00 bits per heavy atom. The molecule has 1 atom stereocenters. The van der Waals surface area contributed by atoms with Crippen LogP contribution in [-0.2, 0) is 9.53 Å². The highest BCUT2D eigenvalue weighted by molar-refractivity contribution is 5.78. The summed E-state index contributed by atoms with van der Waals surface area (Å²) in [6.07, 6.45) is 1.03. The Bertz CT molecular complexity index is 253. The van der Waals surface area contributed by atoms with E-state index in [4.69, 9.17) is 0 Å². The van der Waals surface area contributed by atoms with Gasteiger partial charge in [0.2, 0.25) is 0 Å². The first-order valence-electron chi connectivity index (χ1n) is 7.16. The van der Waals surface area contributed by atoms with Crippen molar-refractivity contribution in [3.8, 4) is 0 Å². The molecule has 0 aromatic carbocycles. The molecule has 0 aliphatic heterocycles. The van der Waals surface area contributed by atoms with Gasteiger partial charge in [0, 0.05) is 6.54 Å². The van der Waals surface area contributed by atoms with Crippen molar-refractivity contribution in [1.29, 1.82) is 0 Å². The second-order valence-electron chi connectivity index (χ2n) is 5.01. The van der Waals surface area contributed by atoms with Gasteiger partial charge in [-0.3, -0.25) is 0 Å². The molecule has 5 nitrogen and oxygen atoms in total. The second-order valence-corrected chi connectivity index (χ2v) is 5.01. The molecule has 5 heteroatoms. The summed E-state index contributed by atoms with van der Waals surface area (Å²) >= 11 is 0. The Morgan fingerprint density at radius 2 is 1.58 bits per heavy atom. The fourth-order valence-corrected chi connectivity index (χ4v) is 2.13. The lowest BCUT2D eigenvalue weighted by Gasteiger charge is -2.29. The van der Waals surface area contributed by atoms with Crippen LogP contribution in [-0.4, -0.2) is 72.9 Å². The molecule has 0 amide bonds. The summed E-state index contributed by atoms with van der Waals surface area (Å²) in [4.78, 5) is 15.9. The van der Waals surface area contributed by atoms with Crippen LogP contribution in [0.15, 0.2) is 0 Å². The Hall–Kier alpha value is -0.650. The molecule has 0 saturated carbocycles. The van der Waals surface area contributed by atoms with E-state index in [-0.39, 0.29) is 0 Å². The van der Waals surface area contributed by atoms with Gasteiger partial charge in [-0.1, -0.05) is 20.8 Å². The highest BCUT2D eigenvalue weighted by Gasteiger charge is 2.33. The Labute approximate surface area is 117 Å². The van der Waals surface area contributed by atoms with Crippen LogP contribution in [0.25, 0.3) is 0 Å². The van der Waals surface area contributed by atoms with Crippen LogP contribution >= 0.6 is 0 Å². The number of hydrogen-bond donors (Lipinski definition) is 1. The largest absolute Gasteiger partial charge is 0.467 e. The molecule has 0 fully saturated rings. The van der Waals surface area contributed by atoms with Crippen molar-refractivity contribution in [2.75, 3.05) is 46.4 Å². The van der Waals surface area contributed by atoms with Gasteiger partial charge in [-0.2, -0.15) is 0 Å². The zero-order chi connectivity index (χ0) is 14.9. The zero-order valence-corrected chi connectivity index (χ0v) is 13.1. The molecule has 1 unspecified atom stereocenters. The molecule has 19 heavy (non-hydrogen) atoms. The van der Waals surface area contributed by atoms with E-state index in [9.17, 15) is 9.90 Å². The van der Waals surface area contributed by atoms with Crippen LogP contribution in [0.1, 0.15) is 34.1 Å². The topological polar surface area (TPSA) is 53.0 Å². The number of nitrogens with zero attached hydrogens (tertiary/aromatic N) is 2.